The lowest BCUT2D eigenvalue weighted by Crippen LogP contribution is -2.30. The minimum absolute atomic E-state index is 0.0915. The quantitative estimate of drug-likeness (QED) is 0.483. The summed E-state index contributed by atoms with van der Waals surface area (Å²) in [6.45, 7) is -0.402. The summed E-state index contributed by atoms with van der Waals surface area (Å²) in [5.74, 6) is 0. The van der Waals surface area contributed by atoms with Crippen LogP contribution in [0.15, 0.2) is 53.1 Å². The van der Waals surface area contributed by atoms with Crippen molar-refractivity contribution in [3.8, 4) is 17.3 Å². The summed E-state index contributed by atoms with van der Waals surface area (Å²) < 4.78 is 39.2. The van der Waals surface area contributed by atoms with Crippen molar-refractivity contribution < 1.29 is 14.5 Å². The standard InChI is InChI=1S/C21H17N2O/c1-13-9-10-23(3)17(11-13)19-14(2)7-8-16-20-15(12-22)5-4-6-18(20)24-21(16)19/h4-11H,1-3H3/q+1/i1D3,10D. The number of furan rings is 1. The summed E-state index contributed by atoms with van der Waals surface area (Å²) in [6, 6.07) is 14.3. The molecule has 3 heteroatoms. The van der Waals surface area contributed by atoms with Crippen molar-refractivity contribution in [3.05, 3.63) is 65.3 Å². The van der Waals surface area contributed by atoms with Crippen LogP contribution in [0.25, 0.3) is 33.2 Å². The topological polar surface area (TPSA) is 40.8 Å². The van der Waals surface area contributed by atoms with Gasteiger partial charge in [0.15, 0.2) is 6.17 Å². The monoisotopic (exact) mass is 317 g/mol. The third kappa shape index (κ3) is 2.00. The summed E-state index contributed by atoms with van der Waals surface area (Å²) in [4.78, 5) is 0. The molecule has 0 fully saturated rings. The van der Waals surface area contributed by atoms with E-state index in [0.717, 1.165) is 21.9 Å². The maximum Gasteiger partial charge on any atom is 0.216 e. The molecule has 0 saturated heterocycles. The summed E-state index contributed by atoms with van der Waals surface area (Å²) in [5, 5.41) is 11.0. The van der Waals surface area contributed by atoms with Crippen molar-refractivity contribution in [2.45, 2.75) is 13.8 Å². The third-order valence-corrected chi connectivity index (χ3v) is 4.32. The summed E-state index contributed by atoms with van der Waals surface area (Å²) in [7, 11) is 1.72. The van der Waals surface area contributed by atoms with Gasteiger partial charge in [0, 0.05) is 27.0 Å². The van der Waals surface area contributed by atoms with E-state index in [1.54, 1.807) is 29.8 Å². The fourth-order valence-electron chi connectivity index (χ4n) is 3.16. The van der Waals surface area contributed by atoms with Gasteiger partial charge < -0.3 is 4.42 Å². The number of aromatic nitrogens is 1. The number of hydrogen-bond acceptors (Lipinski definition) is 2. The second kappa shape index (κ2) is 5.21. The zero-order chi connectivity index (χ0) is 20.2. The summed E-state index contributed by atoms with van der Waals surface area (Å²) in [5.41, 5.74) is 4.00. The van der Waals surface area contributed by atoms with Gasteiger partial charge in [0.25, 0.3) is 0 Å². The molecule has 0 unspecified atom stereocenters. The maximum atomic E-state index is 9.48. The maximum absolute atomic E-state index is 9.48. The minimum atomic E-state index is -2.32. The van der Waals surface area contributed by atoms with Gasteiger partial charge in [-0.3, -0.25) is 0 Å². The van der Waals surface area contributed by atoms with E-state index in [9.17, 15) is 5.26 Å². The summed E-state index contributed by atoms with van der Waals surface area (Å²) in [6.07, 6.45) is 0.0915. The SMILES string of the molecule is [2H]c1cc(C([2H])([2H])[2H])cc(-c2c(C)ccc3c2oc2cccc(C#N)c23)[n+]1C. The lowest BCUT2D eigenvalue weighted by Gasteiger charge is -2.06. The van der Waals surface area contributed by atoms with Crippen LogP contribution in [-0.4, -0.2) is 0 Å². The van der Waals surface area contributed by atoms with Gasteiger partial charge in [-0.2, -0.15) is 5.26 Å². The molecule has 2 aromatic heterocycles. The number of rotatable bonds is 1. The second-order valence-corrected chi connectivity index (χ2v) is 5.84. The van der Waals surface area contributed by atoms with Gasteiger partial charge in [0.1, 0.15) is 19.6 Å². The van der Waals surface area contributed by atoms with E-state index in [-0.39, 0.29) is 11.7 Å². The van der Waals surface area contributed by atoms with Crippen LogP contribution in [0.3, 0.4) is 0 Å². The largest absolute Gasteiger partial charge is 0.455 e. The average Bonchev–Trinajstić information content (AvgIpc) is 3.02. The van der Waals surface area contributed by atoms with Crippen LogP contribution in [0.1, 0.15) is 22.2 Å². The molecule has 4 rings (SSSR count). The molecule has 0 aliphatic carbocycles. The van der Waals surface area contributed by atoms with Crippen LogP contribution >= 0.6 is 0 Å². The van der Waals surface area contributed by atoms with Crippen molar-refractivity contribution in [1.29, 1.82) is 5.26 Å². The van der Waals surface area contributed by atoms with Gasteiger partial charge in [0.2, 0.25) is 5.69 Å². The van der Waals surface area contributed by atoms with Crippen LogP contribution in [0, 0.1) is 25.1 Å². The van der Waals surface area contributed by atoms with E-state index < -0.39 is 6.85 Å². The van der Waals surface area contributed by atoms with Gasteiger partial charge in [-0.05, 0) is 37.0 Å². The Bertz CT molecular complexity index is 1300. The van der Waals surface area contributed by atoms with Crippen molar-refractivity contribution in [2.75, 3.05) is 0 Å². The molecule has 0 atom stereocenters. The van der Waals surface area contributed by atoms with Gasteiger partial charge in [-0.25, -0.2) is 4.57 Å². The number of aryl methyl sites for hydroxylation is 2. The number of fused-ring (bicyclic) bond motifs is 3. The first-order chi connectivity index (χ1) is 13.2. The third-order valence-electron chi connectivity index (χ3n) is 4.32. The Balaban J connectivity index is 2.15. The van der Waals surface area contributed by atoms with Crippen LogP contribution < -0.4 is 4.57 Å². The Hall–Kier alpha value is -3.12. The zero-order valence-electron chi connectivity index (χ0n) is 17.3. The lowest BCUT2D eigenvalue weighted by atomic mass is 9.99. The summed E-state index contributed by atoms with van der Waals surface area (Å²) >= 11 is 0. The predicted molar refractivity (Wildman–Crippen MR) is 94.5 cm³/mol. The molecule has 2 heterocycles. The van der Waals surface area contributed by atoms with Crippen LogP contribution in [0.4, 0.5) is 0 Å². The fraction of sp³-hybridized carbons (Fsp3) is 0.143. The molecule has 4 aromatic rings. The molecule has 24 heavy (non-hydrogen) atoms. The Morgan fingerprint density at radius 2 is 2.12 bits per heavy atom. The van der Waals surface area contributed by atoms with Crippen molar-refractivity contribution >= 4 is 21.9 Å². The molecule has 0 aliphatic heterocycles. The highest BCUT2D eigenvalue weighted by atomic mass is 16.3. The van der Waals surface area contributed by atoms with E-state index >= 15 is 0 Å². The first kappa shape index (κ1) is 10.6. The molecule has 0 spiro atoms. The van der Waals surface area contributed by atoms with Gasteiger partial charge in [-0.15, -0.1) is 0 Å². The molecular formula is C21H17N2O+. The molecule has 2 aromatic carbocycles. The molecular weight excluding hydrogens is 296 g/mol. The van der Waals surface area contributed by atoms with E-state index in [4.69, 9.17) is 9.90 Å². The Morgan fingerprint density at radius 3 is 2.92 bits per heavy atom. The number of benzene rings is 2. The van der Waals surface area contributed by atoms with E-state index in [1.807, 2.05) is 25.1 Å². The van der Waals surface area contributed by atoms with E-state index in [1.165, 1.54) is 6.07 Å². The molecule has 0 bridgehead atoms. The Labute approximate surface area is 146 Å². The van der Waals surface area contributed by atoms with Gasteiger partial charge in [0.05, 0.1) is 17.2 Å². The molecule has 3 nitrogen and oxygen atoms in total. The van der Waals surface area contributed by atoms with E-state index in [0.29, 0.717) is 22.4 Å². The van der Waals surface area contributed by atoms with Crippen LogP contribution in [0.2, 0.25) is 0 Å². The number of nitrogens with zero attached hydrogens (tertiary/aromatic N) is 2. The Kier molecular flexibility index (Phi) is 2.30. The average molecular weight is 317 g/mol. The molecule has 0 amide bonds. The Morgan fingerprint density at radius 1 is 1.25 bits per heavy atom. The highest BCUT2D eigenvalue weighted by Crippen LogP contribution is 2.38. The molecule has 0 saturated carbocycles. The van der Waals surface area contributed by atoms with Crippen LogP contribution in [-0.2, 0) is 7.05 Å². The van der Waals surface area contributed by atoms with Crippen molar-refractivity contribution in [2.24, 2.45) is 7.05 Å². The molecule has 0 aliphatic rings. The minimum Gasteiger partial charge on any atom is -0.455 e. The lowest BCUT2D eigenvalue weighted by molar-refractivity contribution is -0.660. The van der Waals surface area contributed by atoms with E-state index in [2.05, 4.69) is 6.07 Å². The zero-order valence-corrected chi connectivity index (χ0v) is 13.3. The first-order valence-corrected chi connectivity index (χ1v) is 7.59. The van der Waals surface area contributed by atoms with Gasteiger partial charge in [-0.1, -0.05) is 18.2 Å². The van der Waals surface area contributed by atoms with Crippen molar-refractivity contribution in [1.82, 2.24) is 0 Å². The molecule has 0 N–H and O–H groups in total. The number of hydrogen-bond donors (Lipinski definition) is 0. The van der Waals surface area contributed by atoms with Gasteiger partial charge >= 0.3 is 0 Å². The number of nitriles is 1. The number of pyridine rings is 1. The highest BCUT2D eigenvalue weighted by molar-refractivity contribution is 6.11. The highest BCUT2D eigenvalue weighted by Gasteiger charge is 2.21. The predicted octanol–water partition coefficient (Wildman–Crippen LogP) is 4.57. The fourth-order valence-corrected chi connectivity index (χ4v) is 3.16. The normalized spacial score (nSPS) is 14.0. The van der Waals surface area contributed by atoms with Crippen LogP contribution in [0.5, 0.6) is 0 Å². The molecule has 116 valence electrons. The van der Waals surface area contributed by atoms with Crippen molar-refractivity contribution in [3.63, 3.8) is 0 Å². The smallest absolute Gasteiger partial charge is 0.216 e. The second-order valence-electron chi connectivity index (χ2n) is 5.84. The molecule has 0 radical (unpaired) electrons. The first-order valence-electron chi connectivity index (χ1n) is 9.59.